The Morgan fingerprint density at radius 1 is 1.26 bits per heavy atom. The first-order valence-electron chi connectivity index (χ1n) is 7.31. The average Bonchev–Trinajstić information content (AvgIpc) is 2.40. The number of nitrogens with zero attached hydrogens (tertiary/aromatic N) is 1. The smallest absolute Gasteiger partial charge is 0.0772 e. The van der Waals surface area contributed by atoms with Gasteiger partial charge in [-0.2, -0.15) is 0 Å². The fourth-order valence-electron chi connectivity index (χ4n) is 2.67. The van der Waals surface area contributed by atoms with Crippen LogP contribution in [0.5, 0.6) is 0 Å². The Bertz CT molecular complexity index is 379. The van der Waals surface area contributed by atoms with Crippen LogP contribution in [0.3, 0.4) is 0 Å². The van der Waals surface area contributed by atoms with Crippen LogP contribution in [0.4, 0.5) is 0 Å². The number of hydrogen-bond donors (Lipinski definition) is 2. The van der Waals surface area contributed by atoms with Crippen molar-refractivity contribution in [3.8, 4) is 0 Å². The van der Waals surface area contributed by atoms with Crippen molar-refractivity contribution < 1.29 is 5.11 Å². The van der Waals surface area contributed by atoms with Crippen LogP contribution in [0.15, 0.2) is 24.5 Å². The van der Waals surface area contributed by atoms with E-state index in [-0.39, 0.29) is 0 Å². The molecule has 0 aliphatic heterocycles. The Kier molecular flexibility index (Phi) is 4.58. The lowest BCUT2D eigenvalue weighted by molar-refractivity contribution is -0.0240. The highest BCUT2D eigenvalue weighted by atomic mass is 16.3. The first-order chi connectivity index (χ1) is 8.99. The number of rotatable bonds is 5. The van der Waals surface area contributed by atoms with E-state index in [0.29, 0.717) is 12.0 Å². The maximum Gasteiger partial charge on any atom is 0.0772 e. The maximum atomic E-state index is 10.5. The fraction of sp³-hybridized carbons (Fsp3) is 0.688. The zero-order valence-electron chi connectivity index (χ0n) is 12.2. The van der Waals surface area contributed by atoms with E-state index in [4.69, 9.17) is 0 Å². The summed E-state index contributed by atoms with van der Waals surface area (Å²) < 4.78 is 0. The van der Waals surface area contributed by atoms with Crippen molar-refractivity contribution in [1.29, 1.82) is 0 Å². The van der Waals surface area contributed by atoms with Gasteiger partial charge in [0.1, 0.15) is 0 Å². The molecule has 1 saturated carbocycles. The maximum absolute atomic E-state index is 10.5. The standard InChI is InChI=1S/C16H26N2O/c1-15(2)6-8-16(19,9-7-15)13-18-11-5-14-4-3-10-17-12-14/h3-4,10,12,18-19H,5-9,11,13H2,1-2H3. The quantitative estimate of drug-likeness (QED) is 0.802. The van der Waals surface area contributed by atoms with Gasteiger partial charge in [-0.3, -0.25) is 4.98 Å². The van der Waals surface area contributed by atoms with E-state index in [0.717, 1.165) is 38.6 Å². The number of hydrogen-bond acceptors (Lipinski definition) is 3. The molecule has 0 bridgehead atoms. The van der Waals surface area contributed by atoms with Crippen LogP contribution >= 0.6 is 0 Å². The molecule has 2 rings (SSSR count). The van der Waals surface area contributed by atoms with Gasteiger partial charge in [-0.1, -0.05) is 19.9 Å². The summed E-state index contributed by atoms with van der Waals surface area (Å²) in [4.78, 5) is 4.11. The van der Waals surface area contributed by atoms with Gasteiger partial charge in [-0.05, 0) is 55.7 Å². The first-order valence-corrected chi connectivity index (χ1v) is 7.31. The second-order valence-corrected chi connectivity index (χ2v) is 6.68. The van der Waals surface area contributed by atoms with E-state index >= 15 is 0 Å². The van der Waals surface area contributed by atoms with Crippen LogP contribution in [-0.4, -0.2) is 28.8 Å². The van der Waals surface area contributed by atoms with Gasteiger partial charge in [0.15, 0.2) is 0 Å². The Labute approximate surface area is 116 Å². The van der Waals surface area contributed by atoms with Crippen molar-refractivity contribution in [1.82, 2.24) is 10.3 Å². The van der Waals surface area contributed by atoms with Gasteiger partial charge in [0.05, 0.1) is 5.60 Å². The molecule has 1 fully saturated rings. The monoisotopic (exact) mass is 262 g/mol. The van der Waals surface area contributed by atoms with Crippen LogP contribution < -0.4 is 5.32 Å². The van der Waals surface area contributed by atoms with E-state index in [9.17, 15) is 5.11 Å². The lowest BCUT2D eigenvalue weighted by Crippen LogP contribution is -2.45. The third-order valence-corrected chi connectivity index (χ3v) is 4.30. The molecule has 1 aliphatic carbocycles. The first kappa shape index (κ1) is 14.5. The molecule has 19 heavy (non-hydrogen) atoms. The number of aromatic nitrogens is 1. The summed E-state index contributed by atoms with van der Waals surface area (Å²) >= 11 is 0. The predicted octanol–water partition coefficient (Wildman–Crippen LogP) is 2.55. The lowest BCUT2D eigenvalue weighted by atomic mass is 9.71. The van der Waals surface area contributed by atoms with Gasteiger partial charge in [0, 0.05) is 18.9 Å². The molecule has 0 spiro atoms. The van der Waals surface area contributed by atoms with Gasteiger partial charge in [-0.15, -0.1) is 0 Å². The van der Waals surface area contributed by atoms with Crippen molar-refractivity contribution in [3.63, 3.8) is 0 Å². The second kappa shape index (κ2) is 6.02. The number of pyridine rings is 1. The van der Waals surface area contributed by atoms with Crippen molar-refractivity contribution in [2.75, 3.05) is 13.1 Å². The van der Waals surface area contributed by atoms with Gasteiger partial charge in [-0.25, -0.2) is 0 Å². The average molecular weight is 262 g/mol. The predicted molar refractivity (Wildman–Crippen MR) is 78.0 cm³/mol. The highest BCUT2D eigenvalue weighted by Crippen LogP contribution is 2.39. The molecule has 1 heterocycles. The van der Waals surface area contributed by atoms with Gasteiger partial charge in [0.2, 0.25) is 0 Å². The third kappa shape index (κ3) is 4.59. The number of aliphatic hydroxyl groups is 1. The summed E-state index contributed by atoms with van der Waals surface area (Å²) in [6.07, 6.45) is 8.74. The topological polar surface area (TPSA) is 45.1 Å². The van der Waals surface area contributed by atoms with Crippen LogP contribution in [0.25, 0.3) is 0 Å². The summed E-state index contributed by atoms with van der Waals surface area (Å²) in [6, 6.07) is 4.05. The Balaban J connectivity index is 1.68. The molecule has 0 amide bonds. The molecule has 0 unspecified atom stereocenters. The highest BCUT2D eigenvalue weighted by Gasteiger charge is 2.36. The summed E-state index contributed by atoms with van der Waals surface area (Å²) in [6.45, 7) is 6.20. The van der Waals surface area contributed by atoms with Crippen molar-refractivity contribution in [3.05, 3.63) is 30.1 Å². The molecular weight excluding hydrogens is 236 g/mol. The zero-order valence-corrected chi connectivity index (χ0v) is 12.2. The molecule has 3 heteroatoms. The normalized spacial score (nSPS) is 21.2. The lowest BCUT2D eigenvalue weighted by Gasteiger charge is -2.40. The SMILES string of the molecule is CC1(C)CCC(O)(CNCCc2cccnc2)CC1. The van der Waals surface area contributed by atoms with Gasteiger partial charge >= 0.3 is 0 Å². The van der Waals surface area contributed by atoms with E-state index < -0.39 is 5.60 Å². The van der Waals surface area contributed by atoms with E-state index in [1.54, 1.807) is 6.20 Å². The molecule has 0 aromatic carbocycles. The molecule has 0 radical (unpaired) electrons. The molecule has 1 aromatic rings. The Morgan fingerprint density at radius 3 is 2.63 bits per heavy atom. The van der Waals surface area contributed by atoms with Crippen molar-refractivity contribution in [2.45, 2.75) is 51.6 Å². The Morgan fingerprint density at radius 2 is 2.00 bits per heavy atom. The summed E-state index contributed by atoms with van der Waals surface area (Å²) in [5.41, 5.74) is 1.15. The number of nitrogens with one attached hydrogen (secondary N) is 1. The highest BCUT2D eigenvalue weighted by molar-refractivity contribution is 5.08. The molecule has 2 N–H and O–H groups in total. The largest absolute Gasteiger partial charge is 0.389 e. The summed E-state index contributed by atoms with van der Waals surface area (Å²) in [5.74, 6) is 0. The van der Waals surface area contributed by atoms with Crippen molar-refractivity contribution >= 4 is 0 Å². The van der Waals surface area contributed by atoms with Crippen LogP contribution in [-0.2, 0) is 6.42 Å². The minimum Gasteiger partial charge on any atom is -0.389 e. The Hall–Kier alpha value is -0.930. The molecule has 1 aliphatic rings. The van der Waals surface area contributed by atoms with Gasteiger partial charge in [0.25, 0.3) is 0 Å². The zero-order chi connectivity index (χ0) is 13.8. The molecule has 1 aromatic heterocycles. The van der Waals surface area contributed by atoms with Crippen LogP contribution in [0, 0.1) is 5.41 Å². The molecule has 0 atom stereocenters. The van der Waals surface area contributed by atoms with E-state index in [1.807, 2.05) is 12.3 Å². The minimum atomic E-state index is -0.496. The molecule has 0 saturated heterocycles. The van der Waals surface area contributed by atoms with Gasteiger partial charge < -0.3 is 10.4 Å². The second-order valence-electron chi connectivity index (χ2n) is 6.68. The molecule has 3 nitrogen and oxygen atoms in total. The van der Waals surface area contributed by atoms with Crippen LogP contribution in [0.2, 0.25) is 0 Å². The van der Waals surface area contributed by atoms with Crippen molar-refractivity contribution in [2.24, 2.45) is 5.41 Å². The third-order valence-electron chi connectivity index (χ3n) is 4.30. The molecule has 106 valence electrons. The fourth-order valence-corrected chi connectivity index (χ4v) is 2.67. The van der Waals surface area contributed by atoms with Crippen LogP contribution in [0.1, 0.15) is 45.1 Å². The molecular formula is C16H26N2O. The summed E-state index contributed by atoms with van der Waals surface area (Å²) in [5, 5.41) is 13.9. The van der Waals surface area contributed by atoms with E-state index in [1.165, 1.54) is 5.56 Å². The van der Waals surface area contributed by atoms with E-state index in [2.05, 4.69) is 30.2 Å². The summed E-state index contributed by atoms with van der Waals surface area (Å²) in [7, 11) is 0. The minimum absolute atomic E-state index is 0.405.